The second kappa shape index (κ2) is 5.31. The first-order valence-corrected chi connectivity index (χ1v) is 6.57. The third kappa shape index (κ3) is 2.36. The maximum atomic E-state index is 6.06. The Hall–Kier alpha value is -2.39. The summed E-state index contributed by atoms with van der Waals surface area (Å²) in [6.45, 7) is 0. The normalized spacial score (nSPS) is 11.2. The first kappa shape index (κ1) is 12.6. The summed E-state index contributed by atoms with van der Waals surface area (Å²) in [5, 5.41) is 11.0. The molecule has 0 atom stereocenters. The van der Waals surface area contributed by atoms with Gasteiger partial charge >= 0.3 is 0 Å². The molecule has 0 saturated heterocycles. The van der Waals surface area contributed by atoms with Crippen LogP contribution in [0.3, 0.4) is 0 Å². The van der Waals surface area contributed by atoms with Gasteiger partial charge in [-0.15, -0.1) is 10.2 Å². The van der Waals surface area contributed by atoms with Crippen LogP contribution in [0.15, 0.2) is 70.9 Å². The highest BCUT2D eigenvalue weighted by molar-refractivity contribution is 6.32. The van der Waals surface area contributed by atoms with Gasteiger partial charge in [-0.25, -0.2) is 0 Å². The number of rotatable bonds is 2. The highest BCUT2D eigenvalue weighted by Gasteiger charge is 2.03. The highest BCUT2D eigenvalue weighted by Crippen LogP contribution is 2.32. The molecule has 98 valence electrons. The second-order valence-corrected chi connectivity index (χ2v) is 4.78. The van der Waals surface area contributed by atoms with Crippen LogP contribution in [0.4, 0.5) is 17.1 Å². The van der Waals surface area contributed by atoms with Crippen LogP contribution in [0.25, 0.3) is 10.8 Å². The van der Waals surface area contributed by atoms with E-state index in [1.54, 1.807) is 6.07 Å². The number of fused-ring (bicyclic) bond motifs is 1. The van der Waals surface area contributed by atoms with Gasteiger partial charge in [-0.05, 0) is 24.3 Å². The second-order valence-electron chi connectivity index (χ2n) is 4.37. The van der Waals surface area contributed by atoms with Crippen LogP contribution in [0.2, 0.25) is 5.02 Å². The number of hydrogen-bond acceptors (Lipinski definition) is 3. The van der Waals surface area contributed by atoms with E-state index in [9.17, 15) is 0 Å². The average molecular weight is 282 g/mol. The minimum absolute atomic E-state index is 0.580. The minimum Gasteiger partial charge on any atom is -0.398 e. The monoisotopic (exact) mass is 281 g/mol. The quantitative estimate of drug-likeness (QED) is 0.490. The fraction of sp³-hybridized carbons (Fsp3) is 0. The molecule has 20 heavy (non-hydrogen) atoms. The van der Waals surface area contributed by atoms with Crippen LogP contribution in [0.1, 0.15) is 0 Å². The van der Waals surface area contributed by atoms with Gasteiger partial charge in [-0.1, -0.05) is 48.0 Å². The maximum absolute atomic E-state index is 6.06. The Bertz CT molecular complexity index is 797. The van der Waals surface area contributed by atoms with Crippen LogP contribution >= 0.6 is 11.6 Å². The van der Waals surface area contributed by atoms with E-state index in [1.807, 2.05) is 54.6 Å². The zero-order valence-corrected chi connectivity index (χ0v) is 11.4. The lowest BCUT2D eigenvalue weighted by Gasteiger charge is -2.04. The molecular weight excluding hydrogens is 270 g/mol. The Morgan fingerprint density at radius 2 is 1.35 bits per heavy atom. The Morgan fingerprint density at radius 3 is 2.15 bits per heavy atom. The number of anilines is 1. The van der Waals surface area contributed by atoms with Gasteiger partial charge in [-0.3, -0.25) is 0 Å². The third-order valence-corrected chi connectivity index (χ3v) is 3.37. The number of hydrogen-bond donors (Lipinski definition) is 1. The lowest BCUT2D eigenvalue weighted by molar-refractivity contribution is 1.24. The van der Waals surface area contributed by atoms with Gasteiger partial charge in [0.05, 0.1) is 10.7 Å². The summed E-state index contributed by atoms with van der Waals surface area (Å²) in [4.78, 5) is 0. The number of nitrogen functional groups attached to an aromatic ring is 1. The topological polar surface area (TPSA) is 50.7 Å². The van der Waals surface area contributed by atoms with E-state index >= 15 is 0 Å². The van der Waals surface area contributed by atoms with Gasteiger partial charge in [-0.2, -0.15) is 0 Å². The van der Waals surface area contributed by atoms with Crippen molar-refractivity contribution in [2.24, 2.45) is 10.2 Å². The van der Waals surface area contributed by atoms with Crippen molar-refractivity contribution in [2.75, 3.05) is 5.73 Å². The Labute approximate surface area is 121 Å². The van der Waals surface area contributed by atoms with Crippen molar-refractivity contribution in [3.8, 4) is 0 Å². The molecule has 0 spiro atoms. The van der Waals surface area contributed by atoms with Crippen molar-refractivity contribution in [3.63, 3.8) is 0 Å². The molecule has 0 fully saturated rings. The average Bonchev–Trinajstić information content (AvgIpc) is 2.48. The molecular formula is C16H12ClN3. The molecule has 3 rings (SSSR count). The van der Waals surface area contributed by atoms with Crippen molar-refractivity contribution in [1.29, 1.82) is 0 Å². The van der Waals surface area contributed by atoms with Gasteiger partial charge in [0.15, 0.2) is 0 Å². The number of benzene rings is 3. The molecule has 0 unspecified atom stereocenters. The fourth-order valence-corrected chi connectivity index (χ4v) is 2.21. The van der Waals surface area contributed by atoms with E-state index < -0.39 is 0 Å². The van der Waals surface area contributed by atoms with Crippen molar-refractivity contribution in [2.45, 2.75) is 0 Å². The van der Waals surface area contributed by atoms with Gasteiger partial charge in [0.1, 0.15) is 5.69 Å². The predicted molar refractivity (Wildman–Crippen MR) is 84.0 cm³/mol. The Kier molecular flexibility index (Phi) is 3.35. The molecule has 0 amide bonds. The van der Waals surface area contributed by atoms with E-state index in [-0.39, 0.29) is 0 Å². The smallest absolute Gasteiger partial charge is 0.104 e. The van der Waals surface area contributed by atoms with Gasteiger partial charge < -0.3 is 5.73 Å². The number of halogens is 1. The standard InChI is InChI=1S/C16H12ClN3/c17-13-7-3-4-8-16(13)20-19-15-10-9-14(18)11-5-1-2-6-12(11)15/h1-10H,18H2/b20-19+. The highest BCUT2D eigenvalue weighted by atomic mass is 35.5. The van der Waals surface area contributed by atoms with E-state index in [4.69, 9.17) is 17.3 Å². The molecule has 0 aliphatic rings. The molecule has 0 aliphatic heterocycles. The molecule has 0 aromatic heterocycles. The molecule has 3 aromatic rings. The predicted octanol–water partition coefficient (Wildman–Crippen LogP) is 5.49. The first-order chi connectivity index (χ1) is 9.75. The third-order valence-electron chi connectivity index (χ3n) is 3.05. The Balaban J connectivity index is 2.08. The van der Waals surface area contributed by atoms with E-state index in [0.717, 1.165) is 22.1 Å². The lowest BCUT2D eigenvalue weighted by Crippen LogP contribution is -1.86. The Morgan fingerprint density at radius 1 is 0.700 bits per heavy atom. The SMILES string of the molecule is Nc1ccc(/N=N/c2ccccc2Cl)c2ccccc12. The van der Waals surface area contributed by atoms with Crippen molar-refractivity contribution in [1.82, 2.24) is 0 Å². The van der Waals surface area contributed by atoms with E-state index in [1.165, 1.54) is 0 Å². The molecule has 0 radical (unpaired) electrons. The first-order valence-electron chi connectivity index (χ1n) is 6.19. The summed E-state index contributed by atoms with van der Waals surface area (Å²) in [5.41, 5.74) is 8.12. The molecule has 0 bridgehead atoms. The molecule has 4 heteroatoms. The van der Waals surface area contributed by atoms with Crippen LogP contribution < -0.4 is 5.73 Å². The van der Waals surface area contributed by atoms with Crippen LogP contribution in [0.5, 0.6) is 0 Å². The fourth-order valence-electron chi connectivity index (χ4n) is 2.03. The maximum Gasteiger partial charge on any atom is 0.104 e. The summed E-state index contributed by atoms with van der Waals surface area (Å²) in [6, 6.07) is 18.9. The molecule has 3 aromatic carbocycles. The van der Waals surface area contributed by atoms with Gasteiger partial charge in [0.25, 0.3) is 0 Å². The summed E-state index contributed by atoms with van der Waals surface area (Å²) in [5.74, 6) is 0. The summed E-state index contributed by atoms with van der Waals surface area (Å²) >= 11 is 6.06. The van der Waals surface area contributed by atoms with Crippen LogP contribution in [0, 0.1) is 0 Å². The van der Waals surface area contributed by atoms with Crippen LogP contribution in [-0.4, -0.2) is 0 Å². The van der Waals surface area contributed by atoms with Crippen LogP contribution in [-0.2, 0) is 0 Å². The van der Waals surface area contributed by atoms with E-state index in [2.05, 4.69) is 10.2 Å². The van der Waals surface area contributed by atoms with Gasteiger partial charge in [0.2, 0.25) is 0 Å². The molecule has 0 heterocycles. The largest absolute Gasteiger partial charge is 0.398 e. The number of azo groups is 1. The van der Waals surface area contributed by atoms with Crippen molar-refractivity contribution in [3.05, 3.63) is 65.7 Å². The summed E-state index contributed by atoms with van der Waals surface area (Å²) in [7, 11) is 0. The number of nitrogens with two attached hydrogens (primary N) is 1. The van der Waals surface area contributed by atoms with E-state index in [0.29, 0.717) is 10.7 Å². The van der Waals surface area contributed by atoms with Gasteiger partial charge in [0, 0.05) is 16.5 Å². The summed E-state index contributed by atoms with van der Waals surface area (Å²) in [6.07, 6.45) is 0. The lowest BCUT2D eigenvalue weighted by atomic mass is 10.1. The number of nitrogens with zero attached hydrogens (tertiary/aromatic N) is 2. The zero-order chi connectivity index (χ0) is 13.9. The summed E-state index contributed by atoms with van der Waals surface area (Å²) < 4.78 is 0. The molecule has 2 N–H and O–H groups in total. The van der Waals surface area contributed by atoms with Crippen molar-refractivity contribution < 1.29 is 0 Å². The van der Waals surface area contributed by atoms with Crippen molar-refractivity contribution >= 4 is 39.4 Å². The molecule has 0 saturated carbocycles. The molecule has 0 aliphatic carbocycles. The molecule has 3 nitrogen and oxygen atoms in total. The zero-order valence-electron chi connectivity index (χ0n) is 10.6. The minimum atomic E-state index is 0.580.